The predicted octanol–water partition coefficient (Wildman–Crippen LogP) is 3.08. The van der Waals surface area contributed by atoms with Gasteiger partial charge in [-0.1, -0.05) is 12.8 Å². The van der Waals surface area contributed by atoms with Gasteiger partial charge < -0.3 is 4.90 Å². The van der Waals surface area contributed by atoms with Gasteiger partial charge in [0.1, 0.15) is 4.21 Å². The molecule has 2 rings (SSSR count). The van der Waals surface area contributed by atoms with E-state index in [9.17, 15) is 13.2 Å². The van der Waals surface area contributed by atoms with Crippen molar-refractivity contribution in [1.82, 2.24) is 4.90 Å². The SMILES string of the molecule is CCN(C(=O)c1csc(S(=O)(=O)Cl)c1)C1CCCC1. The molecule has 1 fully saturated rings. The van der Waals surface area contributed by atoms with Crippen LogP contribution in [-0.4, -0.2) is 31.8 Å². The summed E-state index contributed by atoms with van der Waals surface area (Å²) in [5.74, 6) is -0.0998. The van der Waals surface area contributed by atoms with Crippen LogP contribution in [0.15, 0.2) is 15.7 Å². The normalized spacial score (nSPS) is 16.7. The Morgan fingerprint density at radius 3 is 2.58 bits per heavy atom. The molecule has 1 aliphatic rings. The first-order valence-corrected chi connectivity index (χ1v) is 9.46. The molecule has 0 saturated heterocycles. The van der Waals surface area contributed by atoms with Gasteiger partial charge in [-0.05, 0) is 25.8 Å². The highest BCUT2D eigenvalue weighted by Crippen LogP contribution is 2.28. The van der Waals surface area contributed by atoms with E-state index in [1.807, 2.05) is 11.8 Å². The molecule has 19 heavy (non-hydrogen) atoms. The second-order valence-electron chi connectivity index (χ2n) is 4.62. The number of carbonyl (C=O) groups is 1. The number of rotatable bonds is 4. The van der Waals surface area contributed by atoms with Crippen molar-refractivity contribution in [3.05, 3.63) is 17.0 Å². The van der Waals surface area contributed by atoms with E-state index >= 15 is 0 Å². The highest BCUT2D eigenvalue weighted by Gasteiger charge is 2.27. The molecule has 0 bridgehead atoms. The Morgan fingerprint density at radius 2 is 2.11 bits per heavy atom. The molecule has 0 aliphatic heterocycles. The van der Waals surface area contributed by atoms with Crippen molar-refractivity contribution >= 4 is 37.0 Å². The smallest absolute Gasteiger partial charge is 0.270 e. The molecule has 4 nitrogen and oxygen atoms in total. The van der Waals surface area contributed by atoms with E-state index in [-0.39, 0.29) is 16.2 Å². The van der Waals surface area contributed by atoms with Gasteiger partial charge in [-0.2, -0.15) is 0 Å². The Hall–Kier alpha value is -0.590. The second kappa shape index (κ2) is 5.81. The van der Waals surface area contributed by atoms with E-state index in [0.717, 1.165) is 37.0 Å². The van der Waals surface area contributed by atoms with Crippen molar-refractivity contribution in [2.45, 2.75) is 42.9 Å². The van der Waals surface area contributed by atoms with Crippen molar-refractivity contribution in [2.75, 3.05) is 6.54 Å². The quantitative estimate of drug-likeness (QED) is 0.801. The third-order valence-corrected chi connectivity index (χ3v) is 6.47. The molecule has 0 radical (unpaired) electrons. The molecule has 0 atom stereocenters. The van der Waals surface area contributed by atoms with E-state index < -0.39 is 9.05 Å². The number of hydrogen-bond donors (Lipinski definition) is 0. The summed E-state index contributed by atoms with van der Waals surface area (Å²) < 4.78 is 22.5. The van der Waals surface area contributed by atoms with Crippen LogP contribution in [0.1, 0.15) is 43.0 Å². The lowest BCUT2D eigenvalue weighted by Gasteiger charge is -2.27. The fraction of sp³-hybridized carbons (Fsp3) is 0.583. The number of nitrogens with zero attached hydrogens (tertiary/aromatic N) is 1. The summed E-state index contributed by atoms with van der Waals surface area (Å²) in [7, 11) is 1.53. The molecule has 0 N–H and O–H groups in total. The van der Waals surface area contributed by atoms with Crippen molar-refractivity contribution < 1.29 is 13.2 Å². The first kappa shape index (κ1) is 14.8. The standard InChI is InChI=1S/C12H16ClNO3S2/c1-2-14(10-5-3-4-6-10)12(15)9-7-11(18-8-9)19(13,16)17/h7-8,10H,2-6H2,1H3. The van der Waals surface area contributed by atoms with Crippen LogP contribution in [0, 0.1) is 0 Å². The molecule has 106 valence electrons. The fourth-order valence-corrected chi connectivity index (χ4v) is 4.45. The molecule has 0 spiro atoms. The number of hydrogen-bond acceptors (Lipinski definition) is 4. The Bertz CT molecular complexity index is 561. The van der Waals surface area contributed by atoms with Crippen molar-refractivity contribution in [3.8, 4) is 0 Å². The minimum Gasteiger partial charge on any atom is -0.336 e. The highest BCUT2D eigenvalue weighted by atomic mass is 35.7. The first-order valence-electron chi connectivity index (χ1n) is 6.27. The summed E-state index contributed by atoms with van der Waals surface area (Å²) in [6.07, 6.45) is 4.37. The molecule has 1 amide bonds. The topological polar surface area (TPSA) is 54.5 Å². The molecular formula is C12H16ClNO3S2. The van der Waals surface area contributed by atoms with Crippen LogP contribution < -0.4 is 0 Å². The fourth-order valence-electron chi connectivity index (χ4n) is 2.51. The Kier molecular flexibility index (Phi) is 4.53. The molecule has 0 aromatic carbocycles. The maximum absolute atomic E-state index is 12.4. The molecule has 1 saturated carbocycles. The number of amides is 1. The molecular weight excluding hydrogens is 306 g/mol. The number of halogens is 1. The molecule has 7 heteroatoms. The molecule has 0 unspecified atom stereocenters. The van der Waals surface area contributed by atoms with Crippen molar-refractivity contribution in [1.29, 1.82) is 0 Å². The van der Waals surface area contributed by atoms with Crippen molar-refractivity contribution in [2.24, 2.45) is 0 Å². The number of carbonyl (C=O) groups excluding carboxylic acids is 1. The van der Waals surface area contributed by atoms with Gasteiger partial charge in [0.15, 0.2) is 0 Å². The van der Waals surface area contributed by atoms with E-state index in [4.69, 9.17) is 10.7 Å². The summed E-state index contributed by atoms with van der Waals surface area (Å²) in [6.45, 7) is 2.59. The Labute approximate surface area is 121 Å². The average Bonchev–Trinajstić information content (AvgIpc) is 3.00. The van der Waals surface area contributed by atoms with Gasteiger partial charge >= 0.3 is 0 Å². The van der Waals surface area contributed by atoms with Crippen molar-refractivity contribution in [3.63, 3.8) is 0 Å². The van der Waals surface area contributed by atoms with E-state index in [1.165, 1.54) is 6.07 Å². The summed E-state index contributed by atoms with van der Waals surface area (Å²) >= 11 is 0.988. The third kappa shape index (κ3) is 3.30. The zero-order valence-electron chi connectivity index (χ0n) is 10.6. The summed E-state index contributed by atoms with van der Waals surface area (Å²) in [6, 6.07) is 1.65. The van der Waals surface area contributed by atoms with Gasteiger partial charge in [0, 0.05) is 28.6 Å². The second-order valence-corrected chi connectivity index (χ2v) is 8.33. The van der Waals surface area contributed by atoms with Gasteiger partial charge in [-0.15, -0.1) is 11.3 Å². The summed E-state index contributed by atoms with van der Waals surface area (Å²) in [4.78, 5) is 14.2. The van der Waals surface area contributed by atoms with Crippen LogP contribution in [0.3, 0.4) is 0 Å². The lowest BCUT2D eigenvalue weighted by atomic mass is 10.2. The Morgan fingerprint density at radius 1 is 1.47 bits per heavy atom. The first-order chi connectivity index (χ1) is 8.93. The van der Waals surface area contributed by atoms with Gasteiger partial charge in [-0.25, -0.2) is 8.42 Å². The van der Waals surface area contributed by atoms with Gasteiger partial charge in [-0.3, -0.25) is 4.79 Å². The molecule has 1 aromatic heterocycles. The molecule has 1 heterocycles. The predicted molar refractivity (Wildman–Crippen MR) is 76.3 cm³/mol. The van der Waals surface area contributed by atoms with Crippen LogP contribution in [0.4, 0.5) is 0 Å². The van der Waals surface area contributed by atoms with Crippen LogP contribution in [-0.2, 0) is 9.05 Å². The maximum atomic E-state index is 12.4. The minimum atomic E-state index is -3.75. The van der Waals surface area contributed by atoms with E-state index in [1.54, 1.807) is 5.38 Å². The van der Waals surface area contributed by atoms with Gasteiger partial charge in [0.05, 0.1) is 5.56 Å². The average molecular weight is 322 g/mol. The van der Waals surface area contributed by atoms with E-state index in [0.29, 0.717) is 12.1 Å². The van der Waals surface area contributed by atoms with Crippen LogP contribution in [0.2, 0.25) is 0 Å². The monoisotopic (exact) mass is 321 g/mol. The minimum absolute atomic E-state index is 0.0278. The zero-order valence-corrected chi connectivity index (χ0v) is 13.0. The van der Waals surface area contributed by atoms with Crippen LogP contribution in [0.5, 0.6) is 0 Å². The Balaban J connectivity index is 2.20. The third-order valence-electron chi connectivity index (χ3n) is 3.43. The largest absolute Gasteiger partial charge is 0.336 e. The maximum Gasteiger partial charge on any atom is 0.270 e. The van der Waals surface area contributed by atoms with Crippen LogP contribution >= 0.6 is 22.0 Å². The molecule has 1 aliphatic carbocycles. The van der Waals surface area contributed by atoms with E-state index in [2.05, 4.69) is 0 Å². The summed E-state index contributed by atoms with van der Waals surface area (Å²) in [5, 5.41) is 1.56. The summed E-state index contributed by atoms with van der Waals surface area (Å²) in [5.41, 5.74) is 0.415. The molecule has 1 aromatic rings. The lowest BCUT2D eigenvalue weighted by Crippen LogP contribution is -2.38. The van der Waals surface area contributed by atoms with Gasteiger partial charge in [0.2, 0.25) is 0 Å². The zero-order chi connectivity index (χ0) is 14.0. The van der Waals surface area contributed by atoms with Crippen LogP contribution in [0.25, 0.3) is 0 Å². The lowest BCUT2D eigenvalue weighted by molar-refractivity contribution is 0.0694. The number of thiophene rings is 1. The van der Waals surface area contributed by atoms with Gasteiger partial charge in [0.25, 0.3) is 15.0 Å². The highest BCUT2D eigenvalue weighted by molar-refractivity contribution is 8.15.